The molecule has 16 heavy (non-hydrogen) atoms. The van der Waals surface area contributed by atoms with E-state index in [2.05, 4.69) is 12.2 Å². The molecule has 0 aliphatic heterocycles. The lowest BCUT2D eigenvalue weighted by Gasteiger charge is -2.30. The topological polar surface area (TPSA) is 55.1 Å². The summed E-state index contributed by atoms with van der Waals surface area (Å²) in [5.74, 6) is 2.44. The number of nitrogens with one attached hydrogen (secondary N) is 1. The van der Waals surface area contributed by atoms with Crippen LogP contribution in [-0.2, 0) is 4.79 Å². The minimum Gasteiger partial charge on any atom is -0.352 e. The summed E-state index contributed by atoms with van der Waals surface area (Å²) in [5, 5.41) is 3.08. The number of hydrogen-bond acceptors (Lipinski definition) is 2. The van der Waals surface area contributed by atoms with Crippen molar-refractivity contribution in [1.29, 1.82) is 0 Å². The summed E-state index contributed by atoms with van der Waals surface area (Å²) >= 11 is 0. The fraction of sp³-hybridized carbons (Fsp3) is 0.923. The SMILES string of the molecule is CC(NC(=O)C(C)(C)N)C1CC2CCC1C2. The van der Waals surface area contributed by atoms with Gasteiger partial charge in [-0.05, 0) is 57.8 Å². The Morgan fingerprint density at radius 3 is 2.50 bits per heavy atom. The van der Waals surface area contributed by atoms with Crippen LogP contribution >= 0.6 is 0 Å². The molecule has 2 aliphatic rings. The fourth-order valence-corrected chi connectivity index (χ4v) is 3.41. The maximum atomic E-state index is 11.8. The lowest BCUT2D eigenvalue weighted by atomic mass is 9.83. The average molecular weight is 224 g/mol. The second kappa shape index (κ2) is 4.02. The van der Waals surface area contributed by atoms with E-state index in [9.17, 15) is 4.79 Å². The van der Waals surface area contributed by atoms with E-state index in [1.165, 1.54) is 25.7 Å². The summed E-state index contributed by atoms with van der Waals surface area (Å²) in [6.07, 6.45) is 5.46. The van der Waals surface area contributed by atoms with E-state index in [-0.39, 0.29) is 11.9 Å². The average Bonchev–Trinajstić information content (AvgIpc) is 2.76. The van der Waals surface area contributed by atoms with Crippen molar-refractivity contribution in [2.24, 2.45) is 23.5 Å². The molecule has 2 aliphatic carbocycles. The maximum Gasteiger partial charge on any atom is 0.239 e. The zero-order chi connectivity index (χ0) is 11.9. The van der Waals surface area contributed by atoms with Crippen molar-refractivity contribution < 1.29 is 4.79 Å². The highest BCUT2D eigenvalue weighted by Gasteiger charge is 2.42. The molecule has 1 amide bonds. The fourth-order valence-electron chi connectivity index (χ4n) is 3.41. The van der Waals surface area contributed by atoms with Crippen LogP contribution in [0.1, 0.15) is 46.5 Å². The highest BCUT2D eigenvalue weighted by atomic mass is 16.2. The summed E-state index contributed by atoms with van der Waals surface area (Å²) in [7, 11) is 0. The Labute approximate surface area is 98.2 Å². The minimum atomic E-state index is -0.758. The number of carbonyl (C=O) groups is 1. The Morgan fingerprint density at radius 1 is 1.38 bits per heavy atom. The number of carbonyl (C=O) groups excluding carboxylic acids is 1. The Kier molecular flexibility index (Phi) is 2.99. The first-order chi connectivity index (χ1) is 7.38. The van der Waals surface area contributed by atoms with E-state index < -0.39 is 5.54 Å². The third-order valence-electron chi connectivity index (χ3n) is 4.38. The Hall–Kier alpha value is -0.570. The molecule has 4 atom stereocenters. The van der Waals surface area contributed by atoms with Gasteiger partial charge >= 0.3 is 0 Å². The highest BCUT2D eigenvalue weighted by Crippen LogP contribution is 2.49. The number of nitrogens with two attached hydrogens (primary N) is 1. The predicted molar refractivity (Wildman–Crippen MR) is 64.8 cm³/mol. The smallest absolute Gasteiger partial charge is 0.239 e. The van der Waals surface area contributed by atoms with Crippen LogP contribution in [0.5, 0.6) is 0 Å². The number of amides is 1. The Bertz CT molecular complexity index is 282. The van der Waals surface area contributed by atoms with E-state index in [0.717, 1.165) is 11.8 Å². The Morgan fingerprint density at radius 2 is 2.06 bits per heavy atom. The number of hydrogen-bond donors (Lipinski definition) is 2. The van der Waals surface area contributed by atoms with Crippen LogP contribution in [-0.4, -0.2) is 17.5 Å². The molecule has 3 nitrogen and oxygen atoms in total. The van der Waals surface area contributed by atoms with Crippen LogP contribution in [0.15, 0.2) is 0 Å². The van der Waals surface area contributed by atoms with Gasteiger partial charge < -0.3 is 11.1 Å². The molecule has 0 spiro atoms. The zero-order valence-electron chi connectivity index (χ0n) is 10.6. The van der Waals surface area contributed by atoms with Gasteiger partial charge in [0.05, 0.1) is 5.54 Å². The van der Waals surface area contributed by atoms with Crippen molar-refractivity contribution in [3.05, 3.63) is 0 Å². The summed E-state index contributed by atoms with van der Waals surface area (Å²) in [6.45, 7) is 5.65. The minimum absolute atomic E-state index is 0.0252. The molecule has 2 rings (SSSR count). The molecule has 0 radical (unpaired) electrons. The second-order valence-corrected chi connectivity index (χ2v) is 6.32. The van der Waals surface area contributed by atoms with Crippen LogP contribution in [0.2, 0.25) is 0 Å². The van der Waals surface area contributed by atoms with Crippen LogP contribution in [0, 0.1) is 17.8 Å². The molecule has 0 aromatic carbocycles. The van der Waals surface area contributed by atoms with Gasteiger partial charge in [-0.15, -0.1) is 0 Å². The molecule has 0 saturated heterocycles. The summed E-state index contributed by atoms with van der Waals surface area (Å²) < 4.78 is 0. The Balaban J connectivity index is 1.89. The molecule has 2 bridgehead atoms. The molecule has 2 fully saturated rings. The van der Waals surface area contributed by atoms with E-state index >= 15 is 0 Å². The van der Waals surface area contributed by atoms with E-state index in [1.807, 2.05) is 0 Å². The first-order valence-electron chi connectivity index (χ1n) is 6.47. The summed E-state index contributed by atoms with van der Waals surface area (Å²) in [4.78, 5) is 11.8. The molecule has 92 valence electrons. The van der Waals surface area contributed by atoms with Crippen molar-refractivity contribution in [3.63, 3.8) is 0 Å². The molecular weight excluding hydrogens is 200 g/mol. The first-order valence-corrected chi connectivity index (χ1v) is 6.47. The molecule has 2 saturated carbocycles. The van der Waals surface area contributed by atoms with E-state index in [4.69, 9.17) is 5.73 Å². The lowest BCUT2D eigenvalue weighted by Crippen LogP contribution is -2.53. The lowest BCUT2D eigenvalue weighted by molar-refractivity contribution is -0.126. The van der Waals surface area contributed by atoms with Gasteiger partial charge in [0.2, 0.25) is 5.91 Å². The number of rotatable bonds is 3. The maximum absolute atomic E-state index is 11.8. The predicted octanol–water partition coefficient (Wildman–Crippen LogP) is 1.66. The van der Waals surface area contributed by atoms with Gasteiger partial charge in [0.15, 0.2) is 0 Å². The molecule has 0 aromatic heterocycles. The highest BCUT2D eigenvalue weighted by molar-refractivity contribution is 5.85. The molecule has 3 N–H and O–H groups in total. The zero-order valence-corrected chi connectivity index (χ0v) is 10.6. The van der Waals surface area contributed by atoms with Crippen molar-refractivity contribution >= 4 is 5.91 Å². The van der Waals surface area contributed by atoms with E-state index in [1.54, 1.807) is 13.8 Å². The number of fused-ring (bicyclic) bond motifs is 2. The van der Waals surface area contributed by atoms with Gasteiger partial charge in [-0.1, -0.05) is 6.42 Å². The molecule has 0 heterocycles. The molecule has 0 aromatic rings. The van der Waals surface area contributed by atoms with Gasteiger partial charge in [0, 0.05) is 6.04 Å². The molecule has 4 unspecified atom stereocenters. The van der Waals surface area contributed by atoms with E-state index in [0.29, 0.717) is 5.92 Å². The van der Waals surface area contributed by atoms with Crippen LogP contribution in [0.4, 0.5) is 0 Å². The van der Waals surface area contributed by atoms with Crippen molar-refractivity contribution in [1.82, 2.24) is 5.32 Å². The van der Waals surface area contributed by atoms with Gasteiger partial charge in [0.25, 0.3) is 0 Å². The molecular formula is C13H24N2O. The third kappa shape index (κ3) is 2.24. The second-order valence-electron chi connectivity index (χ2n) is 6.32. The van der Waals surface area contributed by atoms with Crippen LogP contribution in [0.25, 0.3) is 0 Å². The third-order valence-corrected chi connectivity index (χ3v) is 4.38. The van der Waals surface area contributed by atoms with Gasteiger partial charge in [-0.2, -0.15) is 0 Å². The van der Waals surface area contributed by atoms with Gasteiger partial charge in [-0.3, -0.25) is 4.79 Å². The van der Waals surface area contributed by atoms with Crippen molar-refractivity contribution in [2.45, 2.75) is 58.0 Å². The van der Waals surface area contributed by atoms with Crippen LogP contribution in [0.3, 0.4) is 0 Å². The summed E-state index contributed by atoms with van der Waals surface area (Å²) in [6, 6.07) is 0.283. The first kappa shape index (κ1) is 11.9. The van der Waals surface area contributed by atoms with Gasteiger partial charge in [-0.25, -0.2) is 0 Å². The quantitative estimate of drug-likeness (QED) is 0.766. The normalized spacial score (nSPS) is 35.1. The largest absolute Gasteiger partial charge is 0.352 e. The van der Waals surface area contributed by atoms with Crippen molar-refractivity contribution in [2.75, 3.05) is 0 Å². The monoisotopic (exact) mass is 224 g/mol. The van der Waals surface area contributed by atoms with Crippen LogP contribution < -0.4 is 11.1 Å². The molecule has 3 heteroatoms. The van der Waals surface area contributed by atoms with Crippen molar-refractivity contribution in [3.8, 4) is 0 Å². The summed E-state index contributed by atoms with van der Waals surface area (Å²) in [5.41, 5.74) is 5.03. The standard InChI is InChI=1S/C13H24N2O/c1-8(15-12(16)13(2,3)14)11-7-9-4-5-10(11)6-9/h8-11H,4-7,14H2,1-3H3,(H,15,16). The van der Waals surface area contributed by atoms with Gasteiger partial charge in [0.1, 0.15) is 0 Å².